The van der Waals surface area contributed by atoms with Gasteiger partial charge in [-0.05, 0) is 30.4 Å². The first-order valence-corrected chi connectivity index (χ1v) is 16.7. The normalized spacial score (nSPS) is 13.1. The molecule has 7 nitrogen and oxygen atoms in total. The second kappa shape index (κ2) is 13.1. The van der Waals surface area contributed by atoms with Crippen LogP contribution < -0.4 is 10.6 Å². The van der Waals surface area contributed by atoms with Crippen LogP contribution in [0.25, 0.3) is 0 Å². The molecule has 0 bridgehead atoms. The number of nitrogens with one attached hydrogen (secondary N) is 2. The summed E-state index contributed by atoms with van der Waals surface area (Å²) in [4.78, 5) is 36.1. The first-order valence-electron chi connectivity index (χ1n) is 9.85. The third kappa shape index (κ3) is 9.80. The second-order valence-electron chi connectivity index (χ2n) is 7.17. The van der Waals surface area contributed by atoms with Crippen molar-refractivity contribution >= 4 is 49.6 Å². The number of alkyl carbamates (subject to hydrolysis) is 1. The molecule has 32 heavy (non-hydrogen) atoms. The summed E-state index contributed by atoms with van der Waals surface area (Å²) >= 11 is 0. The van der Waals surface area contributed by atoms with Crippen LogP contribution in [-0.4, -0.2) is 41.1 Å². The van der Waals surface area contributed by atoms with Gasteiger partial charge in [-0.3, -0.25) is 9.59 Å². The van der Waals surface area contributed by atoms with Crippen molar-refractivity contribution in [3.8, 4) is 0 Å². The minimum atomic E-state index is -1.92. The highest BCUT2D eigenvalue weighted by atomic mass is 32.6. The highest BCUT2D eigenvalue weighted by Crippen LogP contribution is 2.71. The number of rotatable bonds is 10. The fourth-order valence-corrected chi connectivity index (χ4v) is 10.1. The fraction of sp³-hybridized carbons (Fsp3) is 0.286. The van der Waals surface area contributed by atoms with Crippen LogP contribution in [0.2, 0.25) is 0 Å². The summed E-state index contributed by atoms with van der Waals surface area (Å²) in [7, 11) is 6.15. The smallest absolute Gasteiger partial charge is 0.408 e. The van der Waals surface area contributed by atoms with Crippen LogP contribution in [-0.2, 0) is 27.4 Å². The van der Waals surface area contributed by atoms with Gasteiger partial charge >= 0.3 is 12.1 Å². The molecule has 0 aliphatic carbocycles. The average molecular weight is 512 g/mol. The maximum atomic E-state index is 12.4. The van der Waals surface area contributed by atoms with Gasteiger partial charge in [0.25, 0.3) is 0 Å². The first kappa shape index (κ1) is 26.5. The summed E-state index contributed by atoms with van der Waals surface area (Å²) in [5.41, 5.74) is 1.22. The quantitative estimate of drug-likeness (QED) is 0.406. The van der Waals surface area contributed by atoms with Crippen LogP contribution in [0.1, 0.15) is 18.1 Å². The van der Waals surface area contributed by atoms with Crippen LogP contribution in [0.3, 0.4) is 0 Å². The lowest BCUT2D eigenvalue weighted by atomic mass is 10.1. The predicted octanol–water partition coefficient (Wildman–Crippen LogP) is 4.53. The molecule has 2 unspecified atom stereocenters. The largest absolute Gasteiger partial charge is 0.481 e. The van der Waals surface area contributed by atoms with Crippen molar-refractivity contribution in [3.63, 3.8) is 0 Å². The van der Waals surface area contributed by atoms with E-state index in [4.69, 9.17) is 4.74 Å². The van der Waals surface area contributed by atoms with Crippen molar-refractivity contribution in [3.05, 3.63) is 71.8 Å². The number of amides is 2. The third-order valence-corrected chi connectivity index (χ3v) is 12.2. The highest BCUT2D eigenvalue weighted by Gasteiger charge is 2.21. The van der Waals surface area contributed by atoms with Crippen molar-refractivity contribution in [2.24, 2.45) is 0 Å². The number of hydrogen-bond donors (Lipinski definition) is 3. The van der Waals surface area contributed by atoms with Crippen molar-refractivity contribution in [1.82, 2.24) is 10.6 Å². The summed E-state index contributed by atoms with van der Waals surface area (Å²) in [6, 6.07) is 17.9. The van der Waals surface area contributed by atoms with Gasteiger partial charge in [-0.1, -0.05) is 68.5 Å². The zero-order chi connectivity index (χ0) is 23.6. The van der Waals surface area contributed by atoms with E-state index in [1.807, 2.05) is 60.7 Å². The molecule has 2 aromatic rings. The van der Waals surface area contributed by atoms with Crippen molar-refractivity contribution in [2.75, 3.05) is 6.29 Å². The molecule has 0 saturated heterocycles. The number of carbonyl (C=O) groups excluding carboxylic acids is 2. The van der Waals surface area contributed by atoms with E-state index >= 15 is 0 Å². The topological polar surface area (TPSA) is 105 Å². The Bertz CT molecular complexity index is 967. The van der Waals surface area contributed by atoms with Crippen LogP contribution in [0.15, 0.2) is 60.7 Å². The minimum absolute atomic E-state index is 0.115. The van der Waals surface area contributed by atoms with Crippen LogP contribution in [0, 0.1) is 0 Å². The van der Waals surface area contributed by atoms with E-state index in [9.17, 15) is 19.5 Å². The molecule has 0 radical (unpaired) electrons. The predicted molar refractivity (Wildman–Crippen MR) is 137 cm³/mol. The lowest BCUT2D eigenvalue weighted by molar-refractivity contribution is -0.136. The van der Waals surface area contributed by atoms with Crippen molar-refractivity contribution in [1.29, 1.82) is 0 Å². The number of carboxylic acid groups (broad SMARTS) is 1. The first-order chi connectivity index (χ1) is 15.2. The van der Waals surface area contributed by atoms with E-state index in [1.54, 1.807) is 6.92 Å². The zero-order valence-corrected chi connectivity index (χ0v) is 21.8. The number of carboxylic acids is 1. The maximum absolute atomic E-state index is 12.4. The molecule has 0 spiro atoms. The molecule has 3 N–H and O–H groups in total. The van der Waals surface area contributed by atoms with Crippen molar-refractivity contribution < 1.29 is 24.2 Å². The minimum Gasteiger partial charge on any atom is -0.481 e. The lowest BCUT2D eigenvalue weighted by Gasteiger charge is -2.20. The van der Waals surface area contributed by atoms with E-state index in [-0.39, 0.29) is 12.5 Å². The molecule has 0 aromatic heterocycles. The van der Waals surface area contributed by atoms with Crippen LogP contribution in [0.4, 0.5) is 4.79 Å². The number of benzene rings is 2. The fourth-order valence-electron chi connectivity index (χ4n) is 2.68. The Morgan fingerprint density at radius 1 is 1.03 bits per heavy atom. The summed E-state index contributed by atoms with van der Waals surface area (Å²) < 4.78 is 5.13. The molecule has 2 rings (SSSR count). The summed E-state index contributed by atoms with van der Waals surface area (Å²) in [5, 5.41) is 15.0. The molecule has 0 fully saturated rings. The molecular weight excluding hydrogens is 484 g/mol. The lowest BCUT2D eigenvalue weighted by Crippen LogP contribution is -2.44. The summed E-state index contributed by atoms with van der Waals surface area (Å²) in [6.07, 6.45) is 0.0506. The van der Waals surface area contributed by atoms with Crippen molar-refractivity contribution in [2.45, 2.75) is 31.7 Å². The Hall–Kier alpha value is -1.76. The monoisotopic (exact) mass is 512 g/mol. The summed E-state index contributed by atoms with van der Waals surface area (Å²) in [5.74, 6) is -3.15. The van der Waals surface area contributed by atoms with Crippen LogP contribution >= 0.6 is 31.7 Å². The second-order valence-corrected chi connectivity index (χ2v) is 23.0. The van der Waals surface area contributed by atoms with Crippen LogP contribution in [0.5, 0.6) is 0 Å². The van der Waals surface area contributed by atoms with Gasteiger partial charge < -0.3 is 20.5 Å². The molecule has 2 amide bonds. The van der Waals surface area contributed by atoms with Gasteiger partial charge in [-0.15, -0.1) is 17.9 Å². The average Bonchev–Trinajstić information content (AvgIpc) is 2.77. The third-order valence-electron chi connectivity index (χ3n) is 4.36. The standard InChI is InChI=1S/C21H28N2O5P4/c1-15(23-21(27)28-13-17-10-6-3-7-11-17)19(24)22-14-32(29,30)31-18(20(25)26)12-16-8-4-2-5-9-16/h2-11,15,18H,12-14,29-30H2,1H3,(H,22,24)(H,23,27)(H,25,26)/t15-,18-/m0/s1. The number of hydrogen-bond acceptors (Lipinski definition) is 4. The molecule has 2 aromatic carbocycles. The van der Waals surface area contributed by atoms with Gasteiger partial charge in [-0.25, -0.2) is 4.79 Å². The van der Waals surface area contributed by atoms with Gasteiger partial charge in [0.05, 0.1) is 0 Å². The highest BCUT2D eigenvalue weighted by molar-refractivity contribution is 8.61. The maximum Gasteiger partial charge on any atom is 0.408 e. The number of aliphatic carboxylic acids is 1. The SMILES string of the molecule is C[C@H](NC(=O)OCc1ccccc1)C(=O)NCP(P)(P)=P[C@@H](Cc1ccccc1)C(=O)O. The Labute approximate surface area is 194 Å². The Morgan fingerprint density at radius 3 is 2.16 bits per heavy atom. The van der Waals surface area contributed by atoms with E-state index in [0.717, 1.165) is 19.0 Å². The molecule has 0 aliphatic rings. The Morgan fingerprint density at radius 2 is 1.59 bits per heavy atom. The van der Waals surface area contributed by atoms with Gasteiger partial charge in [0.2, 0.25) is 5.91 Å². The van der Waals surface area contributed by atoms with Gasteiger partial charge in [0.1, 0.15) is 18.3 Å². The summed E-state index contributed by atoms with van der Waals surface area (Å²) in [6.45, 7) is 1.68. The van der Waals surface area contributed by atoms with E-state index < -0.39 is 29.7 Å². The molecule has 11 heteroatoms. The van der Waals surface area contributed by atoms with Gasteiger partial charge in [0, 0.05) is 6.29 Å². The number of ether oxygens (including phenoxy) is 1. The molecular formula is C21H28N2O5P4. The molecule has 0 saturated carbocycles. The Kier molecular flexibility index (Phi) is 10.8. The molecule has 0 heterocycles. The number of carbonyl (C=O) groups is 3. The molecule has 172 valence electrons. The van der Waals surface area contributed by atoms with Gasteiger partial charge in [-0.2, -0.15) is 0 Å². The molecule has 4 atom stereocenters. The molecule has 0 aliphatic heterocycles. The zero-order valence-electron chi connectivity index (χ0n) is 17.7. The Balaban J connectivity index is 1.86. The van der Waals surface area contributed by atoms with E-state index in [0.29, 0.717) is 12.7 Å². The van der Waals surface area contributed by atoms with Gasteiger partial charge in [0.15, 0.2) is 0 Å². The van der Waals surface area contributed by atoms with E-state index in [2.05, 4.69) is 28.5 Å². The van der Waals surface area contributed by atoms with E-state index in [1.165, 1.54) is 0 Å².